The molecular weight excluding hydrogens is 385 g/mol. The number of thiophene rings is 1. The monoisotopic (exact) mass is 397 g/mol. The van der Waals surface area contributed by atoms with Gasteiger partial charge in [-0.15, -0.1) is 11.3 Å². The molecule has 6 nitrogen and oxygen atoms in total. The topological polar surface area (TPSA) is 87.8 Å². The summed E-state index contributed by atoms with van der Waals surface area (Å²) in [5.74, 6) is -2.03. The van der Waals surface area contributed by atoms with Gasteiger partial charge in [0.25, 0.3) is 5.91 Å². The minimum absolute atomic E-state index is 0.212. The highest BCUT2D eigenvalue weighted by molar-refractivity contribution is 7.22. The van der Waals surface area contributed by atoms with E-state index in [2.05, 4.69) is 0 Å². The fourth-order valence-corrected chi connectivity index (χ4v) is 3.85. The first-order chi connectivity index (χ1) is 13.3. The van der Waals surface area contributed by atoms with Crippen LogP contribution in [0.15, 0.2) is 57.7 Å². The van der Waals surface area contributed by atoms with Crippen LogP contribution in [0.3, 0.4) is 0 Å². The summed E-state index contributed by atoms with van der Waals surface area (Å²) < 4.78 is 18.8. The molecule has 1 N–H and O–H groups in total. The number of carbonyl (C=O) groups excluding carboxylic acids is 1. The molecule has 2 heterocycles. The molecule has 4 rings (SSSR count). The normalized spacial score (nSPS) is 11.1. The smallest absolute Gasteiger partial charge is 0.351 e. The fraction of sp³-hybridized carbons (Fsp3) is 0.0500. The molecule has 2 aromatic carbocycles. The average Bonchev–Trinajstić information content (AvgIpc) is 3.08. The Hall–Kier alpha value is -3.52. The summed E-state index contributed by atoms with van der Waals surface area (Å²) in [4.78, 5) is 37.0. The maximum atomic E-state index is 13.3. The molecule has 0 fully saturated rings. The third-order valence-corrected chi connectivity index (χ3v) is 5.46. The van der Waals surface area contributed by atoms with Crippen LogP contribution in [0.4, 0.5) is 9.39 Å². The number of rotatable bonds is 3. The summed E-state index contributed by atoms with van der Waals surface area (Å²) in [5, 5.41) is 10.9. The highest BCUT2D eigenvalue weighted by atomic mass is 32.1. The third kappa shape index (κ3) is 3.03. The van der Waals surface area contributed by atoms with Gasteiger partial charge in [0.05, 0.1) is 4.70 Å². The van der Waals surface area contributed by atoms with Crippen molar-refractivity contribution in [1.29, 1.82) is 0 Å². The highest BCUT2D eigenvalue weighted by Gasteiger charge is 2.19. The van der Waals surface area contributed by atoms with E-state index < -0.39 is 17.2 Å². The third-order valence-electron chi connectivity index (χ3n) is 4.32. The van der Waals surface area contributed by atoms with E-state index in [1.807, 2.05) is 0 Å². The molecule has 1 amide bonds. The van der Waals surface area contributed by atoms with Gasteiger partial charge < -0.3 is 14.4 Å². The Labute approximate surface area is 161 Å². The lowest BCUT2D eigenvalue weighted by Crippen LogP contribution is -2.25. The molecule has 0 saturated heterocycles. The maximum absolute atomic E-state index is 13.3. The van der Waals surface area contributed by atoms with Crippen LogP contribution in [-0.4, -0.2) is 24.0 Å². The number of hydrogen-bond acceptors (Lipinski definition) is 5. The largest absolute Gasteiger partial charge is 0.477 e. The van der Waals surface area contributed by atoms with Crippen LogP contribution in [0.1, 0.15) is 20.7 Å². The quantitative estimate of drug-likeness (QED) is 0.562. The number of anilines is 1. The van der Waals surface area contributed by atoms with Gasteiger partial charge >= 0.3 is 11.6 Å². The lowest BCUT2D eigenvalue weighted by molar-refractivity contribution is 0.0692. The second-order valence-corrected chi connectivity index (χ2v) is 7.20. The number of hydrogen-bond donors (Lipinski definition) is 1. The first kappa shape index (κ1) is 17.9. The summed E-state index contributed by atoms with van der Waals surface area (Å²) in [7, 11) is 1.57. The van der Waals surface area contributed by atoms with Crippen molar-refractivity contribution in [2.24, 2.45) is 0 Å². The SMILES string of the molecule is CN(C(=O)c1ccc2cc(F)ccc2c1)c1cc2oc(=O)c(C(=O)O)cc2s1. The molecule has 0 aliphatic heterocycles. The van der Waals surface area contributed by atoms with E-state index in [1.54, 1.807) is 31.3 Å². The number of fused-ring (bicyclic) bond motifs is 2. The number of carboxylic acids is 1. The van der Waals surface area contributed by atoms with Crippen molar-refractivity contribution in [2.75, 3.05) is 11.9 Å². The minimum atomic E-state index is -1.37. The zero-order valence-electron chi connectivity index (χ0n) is 14.4. The number of benzene rings is 2. The molecule has 0 unspecified atom stereocenters. The Morgan fingerprint density at radius 1 is 1.07 bits per heavy atom. The number of aromatic carboxylic acids is 1. The number of halogens is 1. The van der Waals surface area contributed by atoms with Crippen molar-refractivity contribution in [2.45, 2.75) is 0 Å². The van der Waals surface area contributed by atoms with E-state index in [0.717, 1.165) is 16.7 Å². The molecule has 0 aliphatic rings. The van der Waals surface area contributed by atoms with Crippen molar-refractivity contribution < 1.29 is 23.5 Å². The summed E-state index contributed by atoms with van der Waals surface area (Å²) >= 11 is 1.13. The van der Waals surface area contributed by atoms with Crippen LogP contribution in [-0.2, 0) is 0 Å². The standard InChI is InChI=1S/C20H12FNO5S/c1-22(17-9-15-16(28-17)8-14(19(24)25)20(26)27-15)18(23)12-3-2-11-7-13(21)5-4-10(11)6-12/h2-9H,1H3,(H,24,25). The molecule has 28 heavy (non-hydrogen) atoms. The van der Waals surface area contributed by atoms with E-state index in [1.165, 1.54) is 29.2 Å². The predicted molar refractivity (Wildman–Crippen MR) is 104 cm³/mol. The zero-order valence-corrected chi connectivity index (χ0v) is 15.2. The van der Waals surface area contributed by atoms with E-state index in [-0.39, 0.29) is 17.3 Å². The zero-order chi connectivity index (χ0) is 20.0. The molecule has 0 saturated carbocycles. The Kier molecular flexibility index (Phi) is 4.20. The van der Waals surface area contributed by atoms with Crippen LogP contribution in [0, 0.1) is 5.82 Å². The molecule has 0 radical (unpaired) electrons. The summed E-state index contributed by atoms with van der Waals surface area (Å²) in [5.41, 5.74) is -0.785. The molecule has 0 spiro atoms. The van der Waals surface area contributed by atoms with Gasteiger partial charge in [-0.2, -0.15) is 0 Å². The lowest BCUT2D eigenvalue weighted by Gasteiger charge is -2.15. The fourth-order valence-electron chi connectivity index (χ4n) is 2.86. The summed E-state index contributed by atoms with van der Waals surface area (Å²) in [6.45, 7) is 0. The second-order valence-electron chi connectivity index (χ2n) is 6.14. The van der Waals surface area contributed by atoms with Gasteiger partial charge in [0.2, 0.25) is 0 Å². The highest BCUT2D eigenvalue weighted by Crippen LogP contribution is 2.32. The van der Waals surface area contributed by atoms with Gasteiger partial charge in [-0.05, 0) is 41.1 Å². The molecule has 0 aliphatic carbocycles. The van der Waals surface area contributed by atoms with Gasteiger partial charge in [0.1, 0.15) is 16.4 Å². The molecule has 8 heteroatoms. The maximum Gasteiger partial charge on any atom is 0.351 e. The first-order valence-electron chi connectivity index (χ1n) is 8.12. The molecule has 4 aromatic rings. The molecule has 2 aromatic heterocycles. The number of amides is 1. The first-order valence-corrected chi connectivity index (χ1v) is 8.93. The van der Waals surface area contributed by atoms with E-state index in [9.17, 15) is 18.8 Å². The Bertz CT molecular complexity index is 1320. The van der Waals surface area contributed by atoms with Crippen molar-refractivity contribution in [3.63, 3.8) is 0 Å². The predicted octanol–water partition coefficient (Wildman–Crippen LogP) is 4.12. The molecule has 140 valence electrons. The summed E-state index contributed by atoms with van der Waals surface area (Å²) in [6.07, 6.45) is 0. The van der Waals surface area contributed by atoms with Crippen LogP contribution in [0.5, 0.6) is 0 Å². The summed E-state index contributed by atoms with van der Waals surface area (Å²) in [6, 6.07) is 12.0. The van der Waals surface area contributed by atoms with Crippen LogP contribution < -0.4 is 10.5 Å². The van der Waals surface area contributed by atoms with Crippen molar-refractivity contribution in [1.82, 2.24) is 0 Å². The van der Waals surface area contributed by atoms with E-state index >= 15 is 0 Å². The van der Waals surface area contributed by atoms with Crippen molar-refractivity contribution in [3.8, 4) is 0 Å². The number of carboxylic acid groups (broad SMARTS) is 1. The minimum Gasteiger partial charge on any atom is -0.477 e. The van der Waals surface area contributed by atoms with Crippen molar-refractivity contribution in [3.05, 3.63) is 75.9 Å². The molecule has 0 atom stereocenters. The van der Waals surface area contributed by atoms with Gasteiger partial charge in [0.15, 0.2) is 5.58 Å². The van der Waals surface area contributed by atoms with E-state index in [4.69, 9.17) is 9.52 Å². The number of carbonyl (C=O) groups is 2. The van der Waals surface area contributed by atoms with Gasteiger partial charge in [-0.25, -0.2) is 14.0 Å². The second kappa shape index (κ2) is 6.58. The van der Waals surface area contributed by atoms with Crippen LogP contribution in [0.2, 0.25) is 0 Å². The Morgan fingerprint density at radius 3 is 2.54 bits per heavy atom. The van der Waals surface area contributed by atoms with Crippen molar-refractivity contribution >= 4 is 49.3 Å². The van der Waals surface area contributed by atoms with Crippen LogP contribution >= 0.6 is 11.3 Å². The van der Waals surface area contributed by atoms with E-state index in [0.29, 0.717) is 20.7 Å². The molecule has 0 bridgehead atoms. The van der Waals surface area contributed by atoms with Gasteiger partial charge in [-0.3, -0.25) is 4.79 Å². The van der Waals surface area contributed by atoms with Crippen LogP contribution in [0.25, 0.3) is 21.1 Å². The van der Waals surface area contributed by atoms with Gasteiger partial charge in [-0.1, -0.05) is 12.1 Å². The average molecular weight is 397 g/mol. The molecular formula is C20H12FNO5S. The lowest BCUT2D eigenvalue weighted by atomic mass is 10.1. The Morgan fingerprint density at radius 2 is 1.79 bits per heavy atom. The number of nitrogens with zero attached hydrogens (tertiary/aromatic N) is 1. The van der Waals surface area contributed by atoms with Gasteiger partial charge in [0, 0.05) is 18.7 Å². The Balaban J connectivity index is 1.71.